The monoisotopic (exact) mass is 223 g/mol. The lowest BCUT2D eigenvalue weighted by Gasteiger charge is -2.18. The van der Waals surface area contributed by atoms with Crippen LogP contribution in [0, 0.1) is 0 Å². The Labute approximate surface area is 94.6 Å². The van der Waals surface area contributed by atoms with Crippen LogP contribution in [-0.2, 0) is 4.74 Å². The largest absolute Gasteiger partial charge is 0.423 e. The molecule has 0 amide bonds. The summed E-state index contributed by atoms with van der Waals surface area (Å²) >= 11 is 0. The third kappa shape index (κ3) is 1.97. The predicted molar refractivity (Wildman–Crippen MR) is 57.1 cm³/mol. The molecule has 0 spiro atoms. The predicted octanol–water partition coefficient (Wildman–Crippen LogP) is 1.39. The Morgan fingerprint density at radius 3 is 2.62 bits per heavy atom. The van der Waals surface area contributed by atoms with E-state index in [0.29, 0.717) is 5.92 Å². The van der Waals surface area contributed by atoms with Crippen molar-refractivity contribution in [1.29, 1.82) is 0 Å². The van der Waals surface area contributed by atoms with Gasteiger partial charge in [-0.1, -0.05) is 0 Å². The summed E-state index contributed by atoms with van der Waals surface area (Å²) in [6.45, 7) is 2.67. The summed E-state index contributed by atoms with van der Waals surface area (Å²) in [6.07, 6.45) is 4.30. The Balaban J connectivity index is 1.71. The third-order valence-corrected chi connectivity index (χ3v) is 3.39. The van der Waals surface area contributed by atoms with Crippen LogP contribution in [-0.4, -0.2) is 30.0 Å². The molecule has 3 heterocycles. The molecular weight excluding hydrogens is 206 g/mol. The highest BCUT2D eigenvalue weighted by molar-refractivity contribution is 4.97. The van der Waals surface area contributed by atoms with Crippen LogP contribution in [0.2, 0.25) is 0 Å². The zero-order valence-corrected chi connectivity index (χ0v) is 9.32. The van der Waals surface area contributed by atoms with Crippen LogP contribution in [0.1, 0.15) is 49.4 Å². The molecule has 2 aliphatic heterocycles. The summed E-state index contributed by atoms with van der Waals surface area (Å²) in [6, 6.07) is 0.279. The molecule has 0 bridgehead atoms. The van der Waals surface area contributed by atoms with Crippen molar-refractivity contribution < 1.29 is 9.15 Å². The van der Waals surface area contributed by atoms with E-state index >= 15 is 0 Å². The zero-order chi connectivity index (χ0) is 10.8. The van der Waals surface area contributed by atoms with Crippen molar-refractivity contribution in [1.82, 2.24) is 15.5 Å². The lowest BCUT2D eigenvalue weighted by atomic mass is 10.0. The Morgan fingerprint density at radius 2 is 1.88 bits per heavy atom. The minimum atomic E-state index is 0.279. The van der Waals surface area contributed by atoms with Gasteiger partial charge in [0.05, 0.1) is 6.04 Å². The number of nitrogens with zero attached hydrogens (tertiary/aromatic N) is 2. The van der Waals surface area contributed by atoms with Gasteiger partial charge in [0.2, 0.25) is 11.8 Å². The molecule has 88 valence electrons. The highest BCUT2D eigenvalue weighted by Gasteiger charge is 2.26. The molecule has 2 saturated heterocycles. The number of aromatic nitrogens is 2. The van der Waals surface area contributed by atoms with Gasteiger partial charge in [0.15, 0.2) is 0 Å². The normalized spacial score (nSPS) is 27.4. The van der Waals surface area contributed by atoms with Gasteiger partial charge in [0.1, 0.15) is 0 Å². The molecule has 1 aromatic heterocycles. The molecule has 2 fully saturated rings. The van der Waals surface area contributed by atoms with E-state index in [1.54, 1.807) is 0 Å². The Morgan fingerprint density at radius 1 is 1.06 bits per heavy atom. The highest BCUT2D eigenvalue weighted by Crippen LogP contribution is 2.28. The average Bonchev–Trinajstić information content (AvgIpc) is 3.01. The Kier molecular flexibility index (Phi) is 2.88. The fourth-order valence-corrected chi connectivity index (χ4v) is 2.39. The van der Waals surface area contributed by atoms with Gasteiger partial charge >= 0.3 is 0 Å². The van der Waals surface area contributed by atoms with Gasteiger partial charge in [-0.25, -0.2) is 0 Å². The number of hydrogen-bond donors (Lipinski definition) is 1. The maximum absolute atomic E-state index is 5.77. The minimum Gasteiger partial charge on any atom is -0.423 e. The second-order valence-electron chi connectivity index (χ2n) is 4.51. The van der Waals surface area contributed by atoms with E-state index in [2.05, 4.69) is 15.5 Å². The van der Waals surface area contributed by atoms with Crippen LogP contribution < -0.4 is 5.32 Å². The van der Waals surface area contributed by atoms with Crippen molar-refractivity contribution in [3.05, 3.63) is 11.8 Å². The van der Waals surface area contributed by atoms with E-state index < -0.39 is 0 Å². The molecule has 16 heavy (non-hydrogen) atoms. The molecule has 1 atom stereocenters. The first kappa shape index (κ1) is 10.2. The molecule has 1 unspecified atom stereocenters. The molecule has 0 radical (unpaired) electrons. The fraction of sp³-hybridized carbons (Fsp3) is 0.818. The van der Waals surface area contributed by atoms with Gasteiger partial charge in [-0.05, 0) is 32.2 Å². The summed E-state index contributed by atoms with van der Waals surface area (Å²) in [5.41, 5.74) is 0. The first-order valence-electron chi connectivity index (χ1n) is 6.08. The number of nitrogens with one attached hydrogen (secondary N) is 1. The van der Waals surface area contributed by atoms with E-state index in [1.165, 1.54) is 6.42 Å². The maximum atomic E-state index is 5.77. The summed E-state index contributed by atoms with van der Waals surface area (Å²) in [7, 11) is 0. The quantitative estimate of drug-likeness (QED) is 0.821. The van der Waals surface area contributed by atoms with Gasteiger partial charge in [-0.15, -0.1) is 10.2 Å². The number of hydrogen-bond acceptors (Lipinski definition) is 5. The molecule has 0 aliphatic carbocycles. The SMILES string of the molecule is C1CNC(c2nnc(C3CCOCC3)o2)C1. The van der Waals surface area contributed by atoms with Crippen molar-refractivity contribution >= 4 is 0 Å². The van der Waals surface area contributed by atoms with Crippen molar-refractivity contribution in [2.75, 3.05) is 19.8 Å². The van der Waals surface area contributed by atoms with E-state index in [0.717, 1.165) is 50.8 Å². The average molecular weight is 223 g/mol. The number of rotatable bonds is 2. The Bertz CT molecular complexity index is 341. The van der Waals surface area contributed by atoms with Crippen molar-refractivity contribution in [3.8, 4) is 0 Å². The molecule has 2 aliphatic rings. The highest BCUT2D eigenvalue weighted by atomic mass is 16.5. The standard InChI is InChI=1S/C11H17N3O2/c1-2-9(12-5-1)11-14-13-10(16-11)8-3-6-15-7-4-8/h8-9,12H,1-7H2. The molecule has 3 rings (SSSR count). The van der Waals surface area contributed by atoms with Crippen LogP contribution in [0.15, 0.2) is 4.42 Å². The zero-order valence-electron chi connectivity index (χ0n) is 9.32. The summed E-state index contributed by atoms with van der Waals surface area (Å²) in [5, 5.41) is 11.7. The first-order chi connectivity index (χ1) is 7.93. The first-order valence-corrected chi connectivity index (χ1v) is 6.08. The van der Waals surface area contributed by atoms with Crippen LogP contribution in [0.4, 0.5) is 0 Å². The second-order valence-corrected chi connectivity index (χ2v) is 4.51. The maximum Gasteiger partial charge on any atom is 0.233 e. The molecule has 1 N–H and O–H groups in total. The van der Waals surface area contributed by atoms with Gasteiger partial charge in [0.25, 0.3) is 0 Å². The van der Waals surface area contributed by atoms with Crippen LogP contribution in [0.3, 0.4) is 0 Å². The molecule has 5 nitrogen and oxygen atoms in total. The minimum absolute atomic E-state index is 0.279. The lowest BCUT2D eigenvalue weighted by Crippen LogP contribution is -2.14. The topological polar surface area (TPSA) is 60.2 Å². The smallest absolute Gasteiger partial charge is 0.233 e. The van der Waals surface area contributed by atoms with Crippen LogP contribution >= 0.6 is 0 Å². The van der Waals surface area contributed by atoms with Gasteiger partial charge in [-0.3, -0.25) is 0 Å². The summed E-state index contributed by atoms with van der Waals surface area (Å²) in [4.78, 5) is 0. The van der Waals surface area contributed by atoms with Gasteiger partial charge in [0, 0.05) is 19.1 Å². The van der Waals surface area contributed by atoms with E-state index in [9.17, 15) is 0 Å². The Hall–Kier alpha value is -0.940. The molecular formula is C11H17N3O2. The van der Waals surface area contributed by atoms with Crippen LogP contribution in [0.25, 0.3) is 0 Å². The van der Waals surface area contributed by atoms with Crippen molar-refractivity contribution in [2.24, 2.45) is 0 Å². The third-order valence-electron chi connectivity index (χ3n) is 3.39. The summed E-state index contributed by atoms with van der Waals surface area (Å²) in [5.74, 6) is 1.96. The van der Waals surface area contributed by atoms with E-state index in [-0.39, 0.29) is 6.04 Å². The van der Waals surface area contributed by atoms with E-state index in [1.807, 2.05) is 0 Å². The van der Waals surface area contributed by atoms with Crippen LogP contribution in [0.5, 0.6) is 0 Å². The fourth-order valence-electron chi connectivity index (χ4n) is 2.39. The molecule has 0 aromatic carbocycles. The van der Waals surface area contributed by atoms with Crippen molar-refractivity contribution in [3.63, 3.8) is 0 Å². The molecule has 1 aromatic rings. The number of ether oxygens (including phenoxy) is 1. The molecule has 5 heteroatoms. The van der Waals surface area contributed by atoms with Crippen molar-refractivity contribution in [2.45, 2.75) is 37.6 Å². The van der Waals surface area contributed by atoms with E-state index in [4.69, 9.17) is 9.15 Å². The lowest BCUT2D eigenvalue weighted by molar-refractivity contribution is 0.0790. The summed E-state index contributed by atoms with van der Waals surface area (Å²) < 4.78 is 11.1. The second kappa shape index (κ2) is 4.51. The van der Waals surface area contributed by atoms with Gasteiger partial charge in [-0.2, -0.15) is 0 Å². The molecule has 0 saturated carbocycles. The van der Waals surface area contributed by atoms with Gasteiger partial charge < -0.3 is 14.5 Å².